The summed E-state index contributed by atoms with van der Waals surface area (Å²) in [6, 6.07) is 16.3. The van der Waals surface area contributed by atoms with Crippen molar-refractivity contribution in [3.8, 4) is 11.1 Å². The highest BCUT2D eigenvalue weighted by atomic mass is 16.5. The van der Waals surface area contributed by atoms with Gasteiger partial charge in [0.05, 0.1) is 6.61 Å². The van der Waals surface area contributed by atoms with Crippen molar-refractivity contribution in [3.05, 3.63) is 59.7 Å². The van der Waals surface area contributed by atoms with Crippen LogP contribution >= 0.6 is 0 Å². The average molecular weight is 479 g/mol. The molecule has 3 N–H and O–H groups in total. The molecule has 1 aliphatic heterocycles. The second kappa shape index (κ2) is 9.70. The van der Waals surface area contributed by atoms with Gasteiger partial charge in [-0.25, -0.2) is 9.59 Å². The zero-order valence-corrected chi connectivity index (χ0v) is 19.5. The Labute approximate surface area is 204 Å². The summed E-state index contributed by atoms with van der Waals surface area (Å²) in [4.78, 5) is 36.9. The Kier molecular flexibility index (Phi) is 6.47. The number of carbonyl (C=O) groups excluding carboxylic acids is 2. The number of carboxylic acids is 1. The van der Waals surface area contributed by atoms with Crippen LogP contribution < -0.4 is 10.6 Å². The molecule has 2 aliphatic carbocycles. The van der Waals surface area contributed by atoms with Crippen LogP contribution in [0, 0.1) is 11.8 Å². The van der Waals surface area contributed by atoms with E-state index in [1.165, 1.54) is 11.1 Å². The third-order valence-electron chi connectivity index (χ3n) is 7.40. The van der Waals surface area contributed by atoms with Crippen molar-refractivity contribution in [3.63, 3.8) is 0 Å². The van der Waals surface area contributed by atoms with Crippen molar-refractivity contribution in [2.45, 2.75) is 37.1 Å². The molecule has 8 heteroatoms. The number of alkyl carbamates (subject to hydrolysis) is 1. The molecule has 0 aromatic heterocycles. The highest BCUT2D eigenvalue weighted by molar-refractivity contribution is 5.87. The minimum atomic E-state index is -1.36. The van der Waals surface area contributed by atoms with Crippen LogP contribution in [0.25, 0.3) is 11.1 Å². The Morgan fingerprint density at radius 1 is 1.06 bits per heavy atom. The van der Waals surface area contributed by atoms with Gasteiger partial charge in [0.15, 0.2) is 5.54 Å². The van der Waals surface area contributed by atoms with E-state index in [1.54, 1.807) is 0 Å². The lowest BCUT2D eigenvalue weighted by Gasteiger charge is -2.25. The van der Waals surface area contributed by atoms with Crippen LogP contribution in [0.15, 0.2) is 48.5 Å². The van der Waals surface area contributed by atoms with Gasteiger partial charge in [0, 0.05) is 31.9 Å². The first-order valence-electron chi connectivity index (χ1n) is 12.2. The van der Waals surface area contributed by atoms with E-state index in [0.717, 1.165) is 24.0 Å². The zero-order valence-electron chi connectivity index (χ0n) is 19.5. The molecule has 1 heterocycles. The summed E-state index contributed by atoms with van der Waals surface area (Å²) >= 11 is 0. The predicted octanol–water partition coefficient (Wildman–Crippen LogP) is 3.30. The predicted molar refractivity (Wildman–Crippen MR) is 128 cm³/mol. The summed E-state index contributed by atoms with van der Waals surface area (Å²) in [7, 11) is 0. The lowest BCUT2D eigenvalue weighted by atomic mass is 9.95. The zero-order chi connectivity index (χ0) is 24.4. The molecular formula is C27H30N2O6. The molecule has 0 radical (unpaired) electrons. The van der Waals surface area contributed by atoms with E-state index < -0.39 is 17.6 Å². The third-order valence-corrected chi connectivity index (χ3v) is 7.40. The number of rotatable bonds is 9. The number of hydrogen-bond donors (Lipinski definition) is 3. The lowest BCUT2D eigenvalue weighted by molar-refractivity contribution is -0.147. The number of hydrogen-bond acceptors (Lipinski definition) is 5. The number of amides is 2. The normalized spacial score (nSPS) is 21.6. The molecule has 5 rings (SSSR count). The van der Waals surface area contributed by atoms with Gasteiger partial charge >= 0.3 is 12.1 Å². The summed E-state index contributed by atoms with van der Waals surface area (Å²) in [6.07, 6.45) is 1.89. The van der Waals surface area contributed by atoms with Crippen molar-refractivity contribution in [2.24, 2.45) is 11.8 Å². The van der Waals surface area contributed by atoms with E-state index in [1.807, 2.05) is 24.3 Å². The maximum Gasteiger partial charge on any atom is 0.407 e. The molecule has 8 nitrogen and oxygen atoms in total. The topological polar surface area (TPSA) is 114 Å². The number of ether oxygens (including phenoxy) is 2. The van der Waals surface area contributed by atoms with Gasteiger partial charge in [0.1, 0.15) is 6.61 Å². The van der Waals surface area contributed by atoms with Crippen LogP contribution in [0.2, 0.25) is 0 Å². The van der Waals surface area contributed by atoms with E-state index in [4.69, 9.17) is 9.47 Å². The van der Waals surface area contributed by atoms with Crippen molar-refractivity contribution in [1.82, 2.24) is 10.6 Å². The van der Waals surface area contributed by atoms with Gasteiger partial charge < -0.3 is 25.2 Å². The molecule has 35 heavy (non-hydrogen) atoms. The van der Waals surface area contributed by atoms with Crippen molar-refractivity contribution in [2.75, 3.05) is 26.4 Å². The van der Waals surface area contributed by atoms with E-state index in [-0.39, 0.29) is 43.8 Å². The first-order chi connectivity index (χ1) is 17.0. The molecule has 0 spiro atoms. The summed E-state index contributed by atoms with van der Waals surface area (Å²) in [6.45, 7) is 0.822. The van der Waals surface area contributed by atoms with Crippen LogP contribution in [-0.4, -0.2) is 55.0 Å². The van der Waals surface area contributed by atoms with Gasteiger partial charge in [-0.2, -0.15) is 0 Å². The Morgan fingerprint density at radius 2 is 1.71 bits per heavy atom. The van der Waals surface area contributed by atoms with Gasteiger partial charge in [-0.3, -0.25) is 4.79 Å². The summed E-state index contributed by atoms with van der Waals surface area (Å²) in [5, 5.41) is 15.0. The molecule has 1 saturated carbocycles. The first kappa shape index (κ1) is 23.4. The molecule has 2 fully saturated rings. The largest absolute Gasteiger partial charge is 0.479 e. The summed E-state index contributed by atoms with van der Waals surface area (Å²) in [5.41, 5.74) is 3.28. The fourth-order valence-electron chi connectivity index (χ4n) is 5.28. The van der Waals surface area contributed by atoms with Crippen molar-refractivity contribution in [1.29, 1.82) is 0 Å². The number of aliphatic carboxylic acids is 1. The highest BCUT2D eigenvalue weighted by Gasteiger charge is 2.44. The Hall–Kier alpha value is -3.39. The SMILES string of the molecule is O=C(CC(CNC(=O)OCC1c2ccccc2-c2ccccc21)C1CC1)NC1(C(=O)O)CCOC1. The molecule has 1 saturated heterocycles. The first-order valence-corrected chi connectivity index (χ1v) is 12.2. The molecule has 2 atom stereocenters. The minimum Gasteiger partial charge on any atom is -0.479 e. The molecule has 2 unspecified atom stereocenters. The van der Waals surface area contributed by atoms with E-state index in [9.17, 15) is 19.5 Å². The number of carbonyl (C=O) groups is 3. The Morgan fingerprint density at radius 3 is 2.29 bits per heavy atom. The quantitative estimate of drug-likeness (QED) is 0.510. The van der Waals surface area contributed by atoms with E-state index in [2.05, 4.69) is 34.9 Å². The molecule has 2 aromatic rings. The Bertz CT molecular complexity index is 1080. The van der Waals surface area contributed by atoms with E-state index >= 15 is 0 Å². The van der Waals surface area contributed by atoms with Crippen LogP contribution in [-0.2, 0) is 19.1 Å². The second-order valence-electron chi connectivity index (χ2n) is 9.75. The number of carboxylic acid groups (broad SMARTS) is 1. The second-order valence-corrected chi connectivity index (χ2v) is 9.75. The third kappa shape index (κ3) is 4.89. The monoisotopic (exact) mass is 478 g/mol. The molecule has 0 bridgehead atoms. The maximum atomic E-state index is 12.7. The number of nitrogens with one attached hydrogen (secondary N) is 2. The van der Waals surface area contributed by atoms with Gasteiger partial charge in [-0.05, 0) is 46.9 Å². The Balaban J connectivity index is 1.15. The maximum absolute atomic E-state index is 12.7. The van der Waals surface area contributed by atoms with Crippen LogP contribution in [0.4, 0.5) is 4.79 Å². The minimum absolute atomic E-state index is 0.0148. The van der Waals surface area contributed by atoms with Gasteiger partial charge in [-0.15, -0.1) is 0 Å². The van der Waals surface area contributed by atoms with Gasteiger partial charge in [-0.1, -0.05) is 48.5 Å². The van der Waals surface area contributed by atoms with Crippen LogP contribution in [0.5, 0.6) is 0 Å². The molecule has 184 valence electrons. The van der Waals surface area contributed by atoms with Gasteiger partial charge in [0.2, 0.25) is 5.91 Å². The standard InChI is InChI=1S/C27H30N2O6/c30-24(29-27(25(31)32)11-12-34-16-27)13-18(17-9-10-17)14-28-26(33)35-15-23-21-7-3-1-5-19(21)20-6-2-4-8-22(20)23/h1-8,17-18,23H,9-16H2,(H,28,33)(H,29,30)(H,31,32). The van der Waals surface area contributed by atoms with E-state index in [0.29, 0.717) is 19.1 Å². The van der Waals surface area contributed by atoms with Crippen LogP contribution in [0.1, 0.15) is 42.7 Å². The highest BCUT2D eigenvalue weighted by Crippen LogP contribution is 2.44. The average Bonchev–Trinajstić information content (AvgIpc) is 3.51. The van der Waals surface area contributed by atoms with Crippen LogP contribution in [0.3, 0.4) is 0 Å². The molecular weight excluding hydrogens is 448 g/mol. The lowest BCUT2D eigenvalue weighted by Crippen LogP contribution is -2.55. The molecule has 3 aliphatic rings. The molecule has 2 aromatic carbocycles. The number of fused-ring (bicyclic) bond motifs is 3. The van der Waals surface area contributed by atoms with Crippen molar-refractivity contribution >= 4 is 18.0 Å². The van der Waals surface area contributed by atoms with Crippen molar-refractivity contribution < 1.29 is 29.0 Å². The molecule has 2 amide bonds. The smallest absolute Gasteiger partial charge is 0.407 e. The fraction of sp³-hybridized carbons (Fsp3) is 0.444. The van der Waals surface area contributed by atoms with Gasteiger partial charge in [0.25, 0.3) is 0 Å². The summed E-state index contributed by atoms with van der Waals surface area (Å²) < 4.78 is 10.8. The fourth-order valence-corrected chi connectivity index (χ4v) is 5.28. The number of benzene rings is 2. The summed E-state index contributed by atoms with van der Waals surface area (Å²) in [5.74, 6) is -1.15.